The number of hydrogen-bond donors (Lipinski definition) is 0. The summed E-state index contributed by atoms with van der Waals surface area (Å²) in [5.41, 5.74) is 5.97. The zero-order valence-corrected chi connectivity index (χ0v) is 79.9. The van der Waals surface area contributed by atoms with E-state index in [9.17, 15) is 16.9 Å². The fourth-order valence-corrected chi connectivity index (χ4v) is 26.0. The van der Waals surface area contributed by atoms with Crippen LogP contribution in [0.3, 0.4) is 0 Å². The molecule has 669 valence electrons. The molecule has 0 aromatic heterocycles. The molecule has 10 nitrogen and oxygen atoms in total. The molecule has 4 aliphatic heterocycles. The topological polar surface area (TPSA) is 92.3 Å². The predicted molar refractivity (Wildman–Crippen MR) is 515 cm³/mol. The molecule has 16 aromatic carbocycles. The molecule has 20 rings (SSSR count). The summed E-state index contributed by atoms with van der Waals surface area (Å²) in [6.07, 6.45) is -2.91. The van der Waals surface area contributed by atoms with E-state index in [0.29, 0.717) is 11.5 Å². The summed E-state index contributed by atoms with van der Waals surface area (Å²) in [7, 11) is -6.93. The Balaban J connectivity index is 0.000000171. The number of hydrogen-bond acceptors (Lipinski definition) is 10. The summed E-state index contributed by atoms with van der Waals surface area (Å²) in [6.45, 7) is 7.89. The van der Waals surface area contributed by atoms with Gasteiger partial charge in [0.15, 0.2) is 34.0 Å². The van der Waals surface area contributed by atoms with E-state index in [1.807, 2.05) is 185 Å². The van der Waals surface area contributed by atoms with Crippen LogP contribution in [0.2, 0.25) is 0 Å². The molecule has 132 heavy (non-hydrogen) atoms. The Hall–Kier alpha value is -10.5. The first kappa shape index (κ1) is 93.4. The fraction of sp³-hybridized carbons (Fsp3) is 0.127. The van der Waals surface area contributed by atoms with Gasteiger partial charge in [-0.15, -0.1) is 0 Å². The second-order valence-corrected chi connectivity index (χ2v) is 44.7. The molecule has 0 aliphatic carbocycles. The van der Waals surface area contributed by atoms with Crippen molar-refractivity contribution in [3.8, 4) is 33.8 Å². The van der Waals surface area contributed by atoms with Gasteiger partial charge in [0.05, 0.1) is 0 Å². The van der Waals surface area contributed by atoms with Crippen molar-refractivity contribution in [2.75, 3.05) is 0 Å². The molecule has 4 atom stereocenters. The third-order valence-corrected chi connectivity index (χ3v) is 30.7. The largest absolute Gasteiger partial charge is 0 e. The molecule has 0 spiro atoms. The summed E-state index contributed by atoms with van der Waals surface area (Å²) in [4.78, 5) is 0. The Morgan fingerprint density at radius 1 is 0.235 bits per heavy atom. The molecule has 4 saturated heterocycles. The minimum absolute atomic E-state index is 0. The summed E-state index contributed by atoms with van der Waals surface area (Å²) in [5, 5.41) is 6.88. The molecule has 0 amide bonds. The number of rotatable bonds is 20. The molecule has 1 radical (unpaired) electrons. The third kappa shape index (κ3) is 20.0. The van der Waals surface area contributed by atoms with Gasteiger partial charge in [-0.05, 0) is 120 Å². The Labute approximate surface area is 786 Å². The summed E-state index contributed by atoms with van der Waals surface area (Å²) in [5.74, 6) is -0.632. The minimum atomic E-state index is -11.2. The van der Waals surface area contributed by atoms with Gasteiger partial charge >= 0.3 is 53.6 Å². The Kier molecular flexibility index (Phi) is 27.5. The van der Waals surface area contributed by atoms with Gasteiger partial charge < -0.3 is 28.0 Å². The van der Waals surface area contributed by atoms with Gasteiger partial charge in [-0.3, -0.25) is 18.1 Å². The van der Waals surface area contributed by atoms with Crippen molar-refractivity contribution in [3.05, 3.63) is 506 Å². The summed E-state index contributed by atoms with van der Waals surface area (Å²) >= 11 is -11.2. The number of para-hydroxylation sites is 2. The van der Waals surface area contributed by atoms with Crippen LogP contribution in [0, 0.1) is 0 Å². The van der Waals surface area contributed by atoms with Crippen LogP contribution in [0.15, 0.2) is 461 Å². The first-order chi connectivity index (χ1) is 63.4. The number of benzene rings is 16. The van der Waals surface area contributed by atoms with E-state index in [4.69, 9.17) is 46.1 Å². The number of ether oxygens (including phenoxy) is 4. The Morgan fingerprint density at radius 2 is 0.402 bits per heavy atom. The quantitative estimate of drug-likeness (QED) is 0.0417. The maximum Gasteiger partial charge on any atom is 0 e. The van der Waals surface area contributed by atoms with Gasteiger partial charge in [-0.25, -0.2) is 0 Å². The van der Waals surface area contributed by atoms with Crippen LogP contribution in [-0.4, -0.2) is 55.5 Å². The van der Waals surface area contributed by atoms with Crippen molar-refractivity contribution in [1.29, 1.82) is 0 Å². The smallest absolute Gasteiger partial charge is 0 e. The van der Waals surface area contributed by atoms with Crippen LogP contribution in [-0.2, 0) is 78.9 Å². The maximum atomic E-state index is 9.93. The van der Waals surface area contributed by atoms with E-state index < -0.39 is 111 Å². The van der Waals surface area contributed by atoms with Gasteiger partial charge in [-0.2, -0.15) is 0 Å². The second kappa shape index (κ2) is 38.9. The van der Waals surface area contributed by atoms with Gasteiger partial charge in [0.25, 0.3) is 0 Å². The minimum Gasteiger partial charge on any atom is 0 e. The molecule has 4 fully saturated rings. The Bertz CT molecular complexity index is 5650. The van der Waals surface area contributed by atoms with E-state index in [1.165, 1.54) is 21.2 Å². The summed E-state index contributed by atoms with van der Waals surface area (Å²) in [6, 6.07) is 159. The van der Waals surface area contributed by atoms with Crippen LogP contribution in [0.25, 0.3) is 22.3 Å². The Morgan fingerprint density at radius 3 is 0.583 bits per heavy atom. The predicted octanol–water partition coefficient (Wildman–Crippen LogP) is 26.5. The molecule has 16 aromatic rings. The first-order valence-electron chi connectivity index (χ1n) is 43.0. The van der Waals surface area contributed by atoms with Crippen LogP contribution in [0.5, 0.6) is 11.5 Å². The first-order valence-corrected chi connectivity index (χ1v) is 53.7. The average molecular weight is 2040 g/mol. The van der Waals surface area contributed by atoms with Crippen molar-refractivity contribution < 1.29 is 82.4 Å². The molecule has 22 heteroatoms. The standard InChI is InChI=1S/2C55H46O5P2.6FH.Rh.Sb/c2*1-53(2)56-51-52(57-53)55(44-31-16-6-17-32-44,45-33-18-7-19-34-45)60-62(59-54(51,42-27-12-4-13-28-42)43-29-14-5-15-30-43)58-50-48(41-25-10-3-11-26-41)39-24-40-49(50)61(46-35-20-8-21-36-46)47-37-22-9-23-38-47;;;;;;;;/h2*3-40,51-52H,1-2H3;6*1H;;/q;;;;;;;;;+5/p-6/t2*51-,52-;;;;;;;;/m11......../s1. The van der Waals surface area contributed by atoms with Crippen molar-refractivity contribution >= 4 is 84.4 Å². The van der Waals surface area contributed by atoms with E-state index in [1.54, 1.807) is 0 Å². The van der Waals surface area contributed by atoms with Crippen molar-refractivity contribution in [1.82, 2.24) is 0 Å². The molecular weight excluding hydrogens is 1940 g/mol. The molecule has 4 aliphatic rings. The van der Waals surface area contributed by atoms with Crippen LogP contribution in [0.1, 0.15) is 72.2 Å². The van der Waals surface area contributed by atoms with E-state index in [2.05, 4.69) is 303 Å². The molecule has 0 N–H and O–H groups in total. The maximum absolute atomic E-state index is 11.2. The second-order valence-electron chi connectivity index (χ2n) is 32.8. The molecule has 0 bridgehead atoms. The van der Waals surface area contributed by atoms with E-state index in [-0.39, 0.29) is 19.5 Å². The van der Waals surface area contributed by atoms with Gasteiger partial charge in [0.2, 0.25) is 0 Å². The molecule has 0 unspecified atom stereocenters. The third-order valence-electron chi connectivity index (χ3n) is 23.3. The van der Waals surface area contributed by atoms with Crippen molar-refractivity contribution in [2.45, 2.75) is 86.1 Å². The van der Waals surface area contributed by atoms with Crippen LogP contribution >= 0.6 is 33.0 Å². The number of fused-ring (bicyclic) bond motifs is 2. The molecular formula is C110H92F6O10P4RhSb-. The van der Waals surface area contributed by atoms with Gasteiger partial charge in [0, 0.05) is 41.2 Å². The monoisotopic (exact) mass is 2030 g/mol. The molecule has 4 heterocycles. The van der Waals surface area contributed by atoms with Gasteiger partial charge in [-0.1, -0.05) is 461 Å². The zero-order chi connectivity index (χ0) is 90.4. The number of halogens is 6. The molecule has 0 saturated carbocycles. The van der Waals surface area contributed by atoms with Crippen LogP contribution in [0.4, 0.5) is 16.9 Å². The van der Waals surface area contributed by atoms with Crippen LogP contribution < -0.4 is 40.9 Å². The van der Waals surface area contributed by atoms with Crippen molar-refractivity contribution in [2.24, 2.45) is 0 Å². The van der Waals surface area contributed by atoms with E-state index in [0.717, 1.165) is 77.4 Å². The zero-order valence-electron chi connectivity index (χ0n) is 72.1. The fourth-order valence-electron chi connectivity index (χ4n) is 18.0. The van der Waals surface area contributed by atoms with E-state index >= 15 is 0 Å². The van der Waals surface area contributed by atoms with Gasteiger partial charge in [0.1, 0.15) is 35.9 Å². The summed E-state index contributed by atoms with van der Waals surface area (Å²) < 4.78 is 135. The normalized spacial score (nSPS) is 19.1. The SMILES string of the molecule is CC1(C)O[C@@H]2[C@@H](O1)C(c1ccccc1)(c1ccccc1)OP(Oc1c(-c3ccccc3)cccc1P(c1ccccc1)c1ccccc1)OC2(c1ccccc1)c1ccccc1.CC1(C)O[C@@H]2[C@@H](O1)C(c1ccccc1)(c1ccccc1)OP(Oc1c(-c3ccccc3)cccc1P(c1ccccc1)c1ccccc1)OC2(c1ccccc1)c1ccccc1.[F][Sb-]([F])([F])([F])([F])[F].[Rh]. The van der Waals surface area contributed by atoms with Crippen molar-refractivity contribution in [3.63, 3.8) is 0 Å². The average Bonchev–Trinajstić information content (AvgIpc) is 1.54.